The largest absolute Gasteiger partial charge is 0.452 e. The molecule has 0 spiro atoms. The lowest BCUT2D eigenvalue weighted by atomic mass is 10.2. The minimum atomic E-state index is -3.53. The van der Waals surface area contributed by atoms with E-state index < -0.39 is 21.9 Å². The first-order valence-corrected chi connectivity index (χ1v) is 8.52. The minimum absolute atomic E-state index is 0.0744. The van der Waals surface area contributed by atoms with E-state index in [0.717, 1.165) is 10.7 Å². The monoisotopic (exact) mass is 373 g/mol. The lowest BCUT2D eigenvalue weighted by Crippen LogP contribution is -2.25. The molecular weight excluding hydrogens is 350 g/mol. The Morgan fingerprint density at radius 2 is 1.60 bits per heavy atom. The number of hydrogen-bond donors (Lipinski definition) is 1. The fourth-order valence-corrected chi connectivity index (χ4v) is 2.16. The molecule has 0 heterocycles. The number of amides is 2. The van der Waals surface area contributed by atoms with E-state index in [2.05, 4.69) is 5.32 Å². The Hall–Kier alpha value is -2.46. The van der Waals surface area contributed by atoms with E-state index in [9.17, 15) is 22.8 Å². The van der Waals surface area contributed by atoms with Gasteiger partial charge in [0.1, 0.15) is 0 Å². The number of sulfonamides is 1. The molecule has 0 aliphatic rings. The highest BCUT2D eigenvalue weighted by Gasteiger charge is 2.18. The highest BCUT2D eigenvalue weighted by molar-refractivity contribution is 7.89. The van der Waals surface area contributed by atoms with Crippen molar-refractivity contribution in [3.05, 3.63) is 29.8 Å². The molecule has 0 bridgehead atoms. The molecule has 0 aliphatic heterocycles. The van der Waals surface area contributed by atoms with Crippen LogP contribution in [0.3, 0.4) is 0 Å². The number of likely N-dealkylation sites (N-methyl/N-ethyl adjacent to an activating group) is 1. The van der Waals surface area contributed by atoms with Crippen molar-refractivity contribution in [3.8, 4) is 0 Å². The van der Waals surface area contributed by atoms with E-state index in [0.29, 0.717) is 0 Å². The summed E-state index contributed by atoms with van der Waals surface area (Å²) in [5.41, 5.74) is 0.173. The lowest BCUT2D eigenvalue weighted by molar-refractivity contribution is -0.123. The van der Waals surface area contributed by atoms with Crippen LogP contribution in [0.2, 0.25) is 0 Å². The maximum Gasteiger partial charge on any atom is 0.338 e. The summed E-state index contributed by atoms with van der Waals surface area (Å²) in [6.07, 6.45) is 0.750. The number of ether oxygens (including phenoxy) is 1. The molecule has 1 N–H and O–H groups in total. The van der Waals surface area contributed by atoms with Crippen molar-refractivity contribution in [2.24, 2.45) is 0 Å². The number of carbonyl (C=O) groups excluding carboxylic acids is 3. The van der Waals surface area contributed by atoms with Gasteiger partial charge in [-0.3, -0.25) is 9.59 Å². The Morgan fingerprint density at radius 3 is 1.96 bits per heavy atom. The Kier molecular flexibility index (Phi) is 9.39. The normalized spacial score (nSPS) is 10.3. The third-order valence-electron chi connectivity index (χ3n) is 2.69. The van der Waals surface area contributed by atoms with Crippen LogP contribution in [0.25, 0.3) is 0 Å². The molecule has 2 amide bonds. The molecule has 0 aromatic heterocycles. The van der Waals surface area contributed by atoms with Gasteiger partial charge in [0.2, 0.25) is 16.4 Å². The Morgan fingerprint density at radius 1 is 1.12 bits per heavy atom. The molecule has 0 atom stereocenters. The highest BCUT2D eigenvalue weighted by atomic mass is 32.2. The second-order valence-corrected chi connectivity index (χ2v) is 7.28. The predicted octanol–water partition coefficient (Wildman–Crippen LogP) is -0.456. The molecule has 0 radical (unpaired) electrons. The topological polar surface area (TPSA) is 113 Å². The average molecular weight is 373 g/mol. The van der Waals surface area contributed by atoms with Crippen molar-refractivity contribution in [1.82, 2.24) is 14.5 Å². The third-order valence-corrected chi connectivity index (χ3v) is 4.52. The summed E-state index contributed by atoms with van der Waals surface area (Å²) in [5.74, 6) is -1.12. The molecule has 1 aromatic carbocycles. The van der Waals surface area contributed by atoms with E-state index in [1.807, 2.05) is 0 Å². The van der Waals surface area contributed by atoms with Gasteiger partial charge in [0.05, 0.1) is 10.5 Å². The van der Waals surface area contributed by atoms with Crippen molar-refractivity contribution in [1.29, 1.82) is 0 Å². The summed E-state index contributed by atoms with van der Waals surface area (Å²) >= 11 is 0. The zero-order valence-corrected chi connectivity index (χ0v) is 15.7. The van der Waals surface area contributed by atoms with Crippen molar-refractivity contribution < 1.29 is 27.5 Å². The third kappa shape index (κ3) is 7.77. The number of nitrogens with one attached hydrogen (secondary N) is 1. The van der Waals surface area contributed by atoms with Gasteiger partial charge in [-0.05, 0) is 24.3 Å². The van der Waals surface area contributed by atoms with Gasteiger partial charge < -0.3 is 15.0 Å². The van der Waals surface area contributed by atoms with E-state index in [1.54, 1.807) is 14.1 Å². The molecule has 0 unspecified atom stereocenters. The summed E-state index contributed by atoms with van der Waals surface area (Å²) in [6, 6.07) is 5.29. The second kappa shape index (κ2) is 10.4. The van der Waals surface area contributed by atoms with Crippen molar-refractivity contribution >= 4 is 28.3 Å². The van der Waals surface area contributed by atoms with E-state index in [4.69, 9.17) is 4.74 Å². The molecule has 0 saturated carbocycles. The van der Waals surface area contributed by atoms with Crippen molar-refractivity contribution in [3.63, 3.8) is 0 Å². The number of rotatable bonds is 6. The summed E-state index contributed by atoms with van der Waals surface area (Å²) in [7, 11) is 4.11. The SMILES string of the molecule is CN(C)C=O.CNC(=O)COC(=O)c1ccc(S(=O)(=O)N(C)C)cc1. The molecule has 9 nitrogen and oxygen atoms in total. The zero-order valence-electron chi connectivity index (χ0n) is 14.8. The quantitative estimate of drug-likeness (QED) is 0.533. The predicted molar refractivity (Wildman–Crippen MR) is 91.4 cm³/mol. The van der Waals surface area contributed by atoms with Crippen LogP contribution in [-0.4, -0.2) is 77.8 Å². The van der Waals surface area contributed by atoms with Crippen LogP contribution in [0, 0.1) is 0 Å². The van der Waals surface area contributed by atoms with E-state index >= 15 is 0 Å². The first-order valence-electron chi connectivity index (χ1n) is 7.08. The average Bonchev–Trinajstić information content (AvgIpc) is 2.59. The van der Waals surface area contributed by atoms with Gasteiger partial charge in [-0.25, -0.2) is 17.5 Å². The fraction of sp³-hybridized carbons (Fsp3) is 0.400. The number of hydrogen-bond acceptors (Lipinski definition) is 6. The van der Waals surface area contributed by atoms with Gasteiger partial charge in [0.25, 0.3) is 5.91 Å². The first kappa shape index (κ1) is 22.5. The van der Waals surface area contributed by atoms with Gasteiger partial charge in [-0.15, -0.1) is 0 Å². The number of nitrogens with zero attached hydrogens (tertiary/aromatic N) is 2. The Labute approximate surface area is 147 Å². The molecule has 25 heavy (non-hydrogen) atoms. The summed E-state index contributed by atoms with van der Waals surface area (Å²) in [5, 5.41) is 2.31. The number of esters is 1. The van der Waals surface area contributed by atoms with Crippen LogP contribution < -0.4 is 5.32 Å². The van der Waals surface area contributed by atoms with E-state index in [-0.39, 0.29) is 17.1 Å². The minimum Gasteiger partial charge on any atom is -0.452 e. The van der Waals surface area contributed by atoms with Gasteiger partial charge in [-0.1, -0.05) is 0 Å². The lowest BCUT2D eigenvalue weighted by Gasteiger charge is -2.11. The van der Waals surface area contributed by atoms with Gasteiger partial charge >= 0.3 is 5.97 Å². The maximum absolute atomic E-state index is 11.8. The Bertz CT molecular complexity index is 684. The number of carbonyl (C=O) groups is 3. The molecule has 10 heteroatoms. The zero-order chi connectivity index (χ0) is 19.6. The van der Waals surface area contributed by atoms with Crippen molar-refractivity contribution in [2.75, 3.05) is 41.8 Å². The molecular formula is C15H23N3O6S. The molecule has 1 aromatic rings. The standard InChI is InChI=1S/C12H16N2O5S.C3H7NO/c1-13-11(15)8-19-12(16)9-4-6-10(7-5-9)20(17,18)14(2)3;1-4(2)3-5/h4-7H,8H2,1-3H3,(H,13,15);3H,1-2H3. The molecule has 0 aliphatic carbocycles. The van der Waals surface area contributed by atoms with E-state index in [1.165, 1.54) is 50.3 Å². The van der Waals surface area contributed by atoms with Crippen LogP contribution >= 0.6 is 0 Å². The molecule has 140 valence electrons. The van der Waals surface area contributed by atoms with Crippen molar-refractivity contribution in [2.45, 2.75) is 4.90 Å². The second-order valence-electron chi connectivity index (χ2n) is 5.13. The van der Waals surface area contributed by atoms with Gasteiger partial charge in [0.15, 0.2) is 6.61 Å². The molecule has 1 rings (SSSR count). The van der Waals surface area contributed by atoms with Crippen LogP contribution in [0.1, 0.15) is 10.4 Å². The smallest absolute Gasteiger partial charge is 0.338 e. The molecule has 0 fully saturated rings. The van der Waals surface area contributed by atoms with Gasteiger partial charge in [-0.2, -0.15) is 0 Å². The van der Waals surface area contributed by atoms with Crippen LogP contribution in [0.4, 0.5) is 0 Å². The van der Waals surface area contributed by atoms with Crippen LogP contribution in [-0.2, 0) is 24.3 Å². The number of benzene rings is 1. The first-order chi connectivity index (χ1) is 11.6. The van der Waals surface area contributed by atoms with Crippen LogP contribution in [0.5, 0.6) is 0 Å². The van der Waals surface area contributed by atoms with Crippen LogP contribution in [0.15, 0.2) is 29.2 Å². The van der Waals surface area contributed by atoms with Gasteiger partial charge in [0, 0.05) is 35.2 Å². The fourth-order valence-electron chi connectivity index (χ4n) is 1.26. The highest BCUT2D eigenvalue weighted by Crippen LogP contribution is 2.14. The maximum atomic E-state index is 11.8. The molecule has 0 saturated heterocycles. The Balaban J connectivity index is 0.00000101. The summed E-state index contributed by atoms with van der Waals surface area (Å²) < 4.78 is 29.5. The summed E-state index contributed by atoms with van der Waals surface area (Å²) in [4.78, 5) is 33.5. The summed E-state index contributed by atoms with van der Waals surface area (Å²) in [6.45, 7) is -0.382.